The zero-order chi connectivity index (χ0) is 14.2. The number of methoxy groups -OCH3 is 1. The smallest absolute Gasteiger partial charge is 0.244 e. The van der Waals surface area contributed by atoms with E-state index in [2.05, 4.69) is 17.1 Å². The lowest BCUT2D eigenvalue weighted by Crippen LogP contribution is -2.44. The van der Waals surface area contributed by atoms with Gasteiger partial charge in [-0.3, -0.25) is 10.1 Å². The van der Waals surface area contributed by atoms with E-state index in [0.717, 1.165) is 38.8 Å². The minimum Gasteiger partial charge on any atom is -0.385 e. The lowest BCUT2D eigenvalue weighted by Gasteiger charge is -2.28. The maximum absolute atomic E-state index is 12.9. The first-order chi connectivity index (χ1) is 9.65. The van der Waals surface area contributed by atoms with E-state index < -0.39 is 0 Å². The Morgan fingerprint density at radius 1 is 1.30 bits per heavy atom. The van der Waals surface area contributed by atoms with Crippen molar-refractivity contribution in [3.8, 4) is 0 Å². The van der Waals surface area contributed by atoms with Crippen LogP contribution in [0.1, 0.15) is 58.3 Å². The summed E-state index contributed by atoms with van der Waals surface area (Å²) < 4.78 is 5.24. The van der Waals surface area contributed by atoms with Gasteiger partial charge in [-0.25, -0.2) is 0 Å². The number of carbonyl (C=O) groups is 1. The molecule has 0 aromatic rings. The molecule has 1 amide bonds. The largest absolute Gasteiger partial charge is 0.385 e. The Balaban J connectivity index is 1.70. The zero-order valence-electron chi connectivity index (χ0n) is 12.9. The summed E-state index contributed by atoms with van der Waals surface area (Å²) in [5.41, 5.74) is 0.142. The first kappa shape index (κ1) is 14.3. The van der Waals surface area contributed by atoms with E-state index in [4.69, 9.17) is 4.74 Å². The van der Waals surface area contributed by atoms with E-state index >= 15 is 0 Å². The summed E-state index contributed by atoms with van der Waals surface area (Å²) in [7, 11) is 1.76. The molecule has 4 nitrogen and oxygen atoms in total. The molecule has 1 aliphatic heterocycles. The van der Waals surface area contributed by atoms with Gasteiger partial charge in [0.2, 0.25) is 5.91 Å². The maximum atomic E-state index is 12.9. The number of hydrogen-bond acceptors (Lipinski definition) is 3. The average Bonchev–Trinajstić information content (AvgIpc) is 2.97. The number of carbonyl (C=O) groups excluding carboxylic acids is 1. The molecular formula is C16H28N2O2. The van der Waals surface area contributed by atoms with Crippen molar-refractivity contribution >= 4 is 5.91 Å². The van der Waals surface area contributed by atoms with Gasteiger partial charge in [0.1, 0.15) is 0 Å². The molecule has 1 N–H and O–H groups in total. The van der Waals surface area contributed by atoms with Gasteiger partial charge >= 0.3 is 0 Å². The molecule has 4 heteroatoms. The van der Waals surface area contributed by atoms with Crippen molar-refractivity contribution in [2.75, 3.05) is 20.3 Å². The lowest BCUT2D eigenvalue weighted by molar-refractivity contribution is -0.134. The summed E-state index contributed by atoms with van der Waals surface area (Å²) in [5, 5.41) is 3.67. The highest BCUT2D eigenvalue weighted by molar-refractivity contribution is 5.89. The summed E-state index contributed by atoms with van der Waals surface area (Å²) in [6, 6.07) is 0. The van der Waals surface area contributed by atoms with Gasteiger partial charge < -0.3 is 9.64 Å². The highest BCUT2D eigenvalue weighted by Crippen LogP contribution is 2.51. The van der Waals surface area contributed by atoms with Crippen LogP contribution in [-0.4, -0.2) is 42.8 Å². The number of nitrogens with zero attached hydrogens (tertiary/aromatic N) is 1. The molecule has 2 aliphatic carbocycles. The zero-order valence-corrected chi connectivity index (χ0v) is 12.9. The molecule has 20 heavy (non-hydrogen) atoms. The number of hydrogen-bond donors (Lipinski definition) is 1. The molecule has 1 saturated heterocycles. The van der Waals surface area contributed by atoms with E-state index in [1.54, 1.807) is 7.11 Å². The van der Waals surface area contributed by atoms with Gasteiger partial charge in [-0.05, 0) is 43.9 Å². The number of nitrogens with one attached hydrogen (secondary N) is 1. The molecule has 2 saturated carbocycles. The third-order valence-corrected chi connectivity index (χ3v) is 5.63. The Morgan fingerprint density at radius 2 is 2.00 bits per heavy atom. The molecule has 0 aromatic heterocycles. The number of rotatable bonds is 6. The van der Waals surface area contributed by atoms with Crippen LogP contribution in [0.4, 0.5) is 0 Å². The van der Waals surface area contributed by atoms with Gasteiger partial charge in [0.15, 0.2) is 0 Å². The van der Waals surface area contributed by atoms with Crippen LogP contribution in [-0.2, 0) is 9.53 Å². The van der Waals surface area contributed by atoms with Crippen LogP contribution in [0.5, 0.6) is 0 Å². The molecule has 0 bridgehead atoms. The minimum absolute atomic E-state index is 0.210. The van der Waals surface area contributed by atoms with Crippen molar-refractivity contribution in [3.05, 3.63) is 0 Å². The Bertz CT molecular complexity index is 373. The predicted octanol–water partition coefficient (Wildman–Crippen LogP) is 2.28. The summed E-state index contributed by atoms with van der Waals surface area (Å²) in [4.78, 5) is 15.1. The van der Waals surface area contributed by atoms with Crippen LogP contribution >= 0.6 is 0 Å². The second-order valence-corrected chi connectivity index (χ2v) is 7.03. The summed E-state index contributed by atoms with van der Waals surface area (Å²) >= 11 is 0. The van der Waals surface area contributed by atoms with Gasteiger partial charge in [0, 0.05) is 20.3 Å². The van der Waals surface area contributed by atoms with Crippen molar-refractivity contribution in [3.63, 3.8) is 0 Å². The highest BCUT2D eigenvalue weighted by Gasteiger charge is 2.55. The summed E-state index contributed by atoms with van der Waals surface area (Å²) in [5.74, 6) is 0.380. The second kappa shape index (κ2) is 5.30. The van der Waals surface area contributed by atoms with E-state index in [0.29, 0.717) is 11.3 Å². The number of ether oxygens (including phenoxy) is 1. The fourth-order valence-electron chi connectivity index (χ4n) is 4.06. The Hall–Kier alpha value is -0.610. The summed E-state index contributed by atoms with van der Waals surface area (Å²) in [6.07, 6.45) is 9.31. The average molecular weight is 280 g/mol. The maximum Gasteiger partial charge on any atom is 0.244 e. The Labute approximate surface area is 122 Å². The van der Waals surface area contributed by atoms with E-state index in [1.165, 1.54) is 25.7 Å². The third-order valence-electron chi connectivity index (χ3n) is 5.63. The van der Waals surface area contributed by atoms with Crippen molar-refractivity contribution in [2.45, 2.75) is 70.0 Å². The van der Waals surface area contributed by atoms with Crippen LogP contribution in [0, 0.1) is 5.41 Å². The quantitative estimate of drug-likeness (QED) is 0.811. The standard InChI is InChI=1S/C16H28N2O2/c1-3-13-17-16(6-4-5-7-16)14(19)18(13)12-15(8-9-15)10-11-20-2/h13,17H,3-12H2,1-2H3. The minimum atomic E-state index is -0.210. The highest BCUT2D eigenvalue weighted by atomic mass is 16.5. The Kier molecular flexibility index (Phi) is 3.80. The van der Waals surface area contributed by atoms with Crippen LogP contribution in [0.2, 0.25) is 0 Å². The summed E-state index contributed by atoms with van der Waals surface area (Å²) in [6.45, 7) is 3.93. The topological polar surface area (TPSA) is 41.6 Å². The molecule has 3 fully saturated rings. The molecule has 1 heterocycles. The molecule has 3 rings (SSSR count). The Morgan fingerprint density at radius 3 is 2.55 bits per heavy atom. The van der Waals surface area contributed by atoms with Crippen molar-refractivity contribution in [1.29, 1.82) is 0 Å². The monoisotopic (exact) mass is 280 g/mol. The first-order valence-electron chi connectivity index (χ1n) is 8.22. The molecule has 3 aliphatic rings. The normalized spacial score (nSPS) is 30.4. The second-order valence-electron chi connectivity index (χ2n) is 7.03. The van der Waals surface area contributed by atoms with E-state index in [-0.39, 0.29) is 11.7 Å². The van der Waals surface area contributed by atoms with Gasteiger partial charge in [0.05, 0.1) is 11.7 Å². The van der Waals surface area contributed by atoms with Crippen molar-refractivity contribution in [1.82, 2.24) is 10.2 Å². The SMILES string of the molecule is CCC1NC2(CCCC2)C(=O)N1CC1(CCOC)CC1. The van der Waals surface area contributed by atoms with Gasteiger partial charge in [-0.15, -0.1) is 0 Å². The fourth-order valence-corrected chi connectivity index (χ4v) is 4.06. The van der Waals surface area contributed by atoms with E-state index in [1.807, 2.05) is 0 Å². The predicted molar refractivity (Wildman–Crippen MR) is 78.3 cm³/mol. The van der Waals surface area contributed by atoms with Gasteiger partial charge in [-0.2, -0.15) is 0 Å². The van der Waals surface area contributed by atoms with Crippen LogP contribution < -0.4 is 5.32 Å². The van der Waals surface area contributed by atoms with Crippen LogP contribution in [0.15, 0.2) is 0 Å². The molecule has 114 valence electrons. The first-order valence-corrected chi connectivity index (χ1v) is 8.22. The fraction of sp³-hybridized carbons (Fsp3) is 0.938. The molecular weight excluding hydrogens is 252 g/mol. The van der Waals surface area contributed by atoms with E-state index in [9.17, 15) is 4.79 Å². The van der Waals surface area contributed by atoms with Crippen LogP contribution in [0.25, 0.3) is 0 Å². The van der Waals surface area contributed by atoms with Gasteiger partial charge in [-0.1, -0.05) is 19.8 Å². The van der Waals surface area contributed by atoms with Crippen molar-refractivity contribution < 1.29 is 9.53 Å². The molecule has 1 unspecified atom stereocenters. The molecule has 1 atom stereocenters. The lowest BCUT2D eigenvalue weighted by atomic mass is 9.97. The number of amides is 1. The van der Waals surface area contributed by atoms with Gasteiger partial charge in [0.25, 0.3) is 0 Å². The van der Waals surface area contributed by atoms with Crippen molar-refractivity contribution in [2.24, 2.45) is 5.41 Å². The molecule has 0 radical (unpaired) electrons. The molecule has 1 spiro atoms. The molecule has 0 aromatic carbocycles. The van der Waals surface area contributed by atoms with Crippen LogP contribution in [0.3, 0.4) is 0 Å². The third kappa shape index (κ3) is 2.37.